The number of halogens is 4. The number of amides is 2. The third-order valence-electron chi connectivity index (χ3n) is 3.80. The van der Waals surface area contributed by atoms with Gasteiger partial charge in [0.1, 0.15) is 5.82 Å². The predicted molar refractivity (Wildman–Crippen MR) is 75.9 cm³/mol. The Morgan fingerprint density at radius 1 is 1.25 bits per heavy atom. The van der Waals surface area contributed by atoms with Crippen molar-refractivity contribution in [1.82, 2.24) is 10.2 Å². The second-order valence-corrected chi connectivity index (χ2v) is 5.40. The van der Waals surface area contributed by atoms with Crippen LogP contribution in [0.3, 0.4) is 0 Å². The van der Waals surface area contributed by atoms with Crippen LogP contribution in [0, 0.1) is 5.82 Å². The first-order valence-corrected chi connectivity index (χ1v) is 7.23. The summed E-state index contributed by atoms with van der Waals surface area (Å²) in [5.74, 6) is -2.14. The molecule has 1 N–H and O–H groups in total. The number of methoxy groups -OCH3 is 1. The third-order valence-corrected chi connectivity index (χ3v) is 3.80. The fourth-order valence-electron chi connectivity index (χ4n) is 2.49. The maximum Gasteiger partial charge on any atom is 0.419 e. The first-order valence-electron chi connectivity index (χ1n) is 7.23. The minimum absolute atomic E-state index is 0.265. The minimum Gasteiger partial charge on any atom is -0.453 e. The highest BCUT2D eigenvalue weighted by Gasteiger charge is 2.35. The van der Waals surface area contributed by atoms with Gasteiger partial charge in [0.2, 0.25) is 0 Å². The van der Waals surface area contributed by atoms with Gasteiger partial charge in [-0.15, -0.1) is 0 Å². The molecule has 0 aliphatic carbocycles. The molecule has 1 aromatic carbocycles. The van der Waals surface area contributed by atoms with E-state index in [-0.39, 0.29) is 11.6 Å². The van der Waals surface area contributed by atoms with E-state index in [9.17, 15) is 27.2 Å². The van der Waals surface area contributed by atoms with Crippen LogP contribution < -0.4 is 5.32 Å². The van der Waals surface area contributed by atoms with E-state index in [1.54, 1.807) is 0 Å². The van der Waals surface area contributed by atoms with Crippen LogP contribution in [0.25, 0.3) is 0 Å². The molecule has 1 aromatic rings. The largest absolute Gasteiger partial charge is 0.453 e. The lowest BCUT2D eigenvalue weighted by Gasteiger charge is -2.31. The number of nitrogens with one attached hydrogen (secondary N) is 1. The Balaban J connectivity index is 2.00. The minimum atomic E-state index is -4.87. The van der Waals surface area contributed by atoms with Crippen molar-refractivity contribution in [3.8, 4) is 0 Å². The lowest BCUT2D eigenvalue weighted by Crippen LogP contribution is -2.46. The molecule has 2 amide bonds. The number of piperidine rings is 1. The van der Waals surface area contributed by atoms with E-state index in [0.717, 1.165) is 6.07 Å². The van der Waals surface area contributed by atoms with Gasteiger partial charge in [-0.25, -0.2) is 9.18 Å². The van der Waals surface area contributed by atoms with Gasteiger partial charge in [-0.1, -0.05) is 0 Å². The number of alkyl halides is 3. The molecule has 0 aromatic heterocycles. The van der Waals surface area contributed by atoms with Gasteiger partial charge in [0.05, 0.1) is 12.7 Å². The summed E-state index contributed by atoms with van der Waals surface area (Å²) in [5.41, 5.74) is -1.74. The number of carbonyl (C=O) groups excluding carboxylic acids is 2. The highest BCUT2D eigenvalue weighted by Crippen LogP contribution is 2.31. The lowest BCUT2D eigenvalue weighted by atomic mass is 10.0. The summed E-state index contributed by atoms with van der Waals surface area (Å²) < 4.78 is 55.9. The van der Waals surface area contributed by atoms with Gasteiger partial charge in [-0.3, -0.25) is 4.79 Å². The maximum atomic E-state index is 13.2. The topological polar surface area (TPSA) is 58.6 Å². The quantitative estimate of drug-likeness (QED) is 0.836. The molecule has 0 saturated carbocycles. The Labute approximate surface area is 135 Å². The first-order chi connectivity index (χ1) is 11.2. The predicted octanol–water partition coefficient (Wildman–Crippen LogP) is 2.81. The molecule has 24 heavy (non-hydrogen) atoms. The number of nitrogens with zero attached hydrogens (tertiary/aromatic N) is 1. The van der Waals surface area contributed by atoms with Crippen molar-refractivity contribution in [3.63, 3.8) is 0 Å². The van der Waals surface area contributed by atoms with Crippen LogP contribution in [0.15, 0.2) is 18.2 Å². The molecule has 5 nitrogen and oxygen atoms in total. The average Bonchev–Trinajstić information content (AvgIpc) is 2.54. The summed E-state index contributed by atoms with van der Waals surface area (Å²) in [6.45, 7) is 0.740. The van der Waals surface area contributed by atoms with E-state index in [0.29, 0.717) is 38.1 Å². The Bertz CT molecular complexity index is 626. The number of carbonyl (C=O) groups is 2. The number of likely N-dealkylation sites (tertiary alicyclic amines) is 1. The smallest absolute Gasteiger partial charge is 0.419 e. The Hall–Kier alpha value is -2.32. The molecule has 0 atom stereocenters. The van der Waals surface area contributed by atoms with Gasteiger partial charge in [0.15, 0.2) is 0 Å². The Morgan fingerprint density at radius 2 is 1.88 bits per heavy atom. The van der Waals surface area contributed by atoms with E-state index in [4.69, 9.17) is 0 Å². The maximum absolute atomic E-state index is 13.2. The van der Waals surface area contributed by atoms with Crippen molar-refractivity contribution in [2.24, 2.45) is 0 Å². The fraction of sp³-hybridized carbons (Fsp3) is 0.467. The average molecular weight is 348 g/mol. The van der Waals surface area contributed by atoms with Crippen molar-refractivity contribution in [3.05, 3.63) is 35.1 Å². The Kier molecular flexibility index (Phi) is 5.30. The molecule has 1 aliphatic rings. The molecule has 1 fully saturated rings. The summed E-state index contributed by atoms with van der Waals surface area (Å²) in [5, 5.41) is 2.60. The second-order valence-electron chi connectivity index (χ2n) is 5.40. The number of hydrogen-bond donors (Lipinski definition) is 1. The molecule has 1 aliphatic heterocycles. The van der Waals surface area contributed by atoms with Gasteiger partial charge >= 0.3 is 12.3 Å². The molecule has 1 saturated heterocycles. The molecular formula is C15H16F4N2O3. The SMILES string of the molecule is COC(=O)N1CCC(NC(=O)c2ccc(F)c(C(F)(F)F)c2)CC1. The van der Waals surface area contributed by atoms with Crippen LogP contribution in [-0.2, 0) is 10.9 Å². The van der Waals surface area contributed by atoms with Crippen LogP contribution in [0.5, 0.6) is 0 Å². The van der Waals surface area contributed by atoms with E-state index < -0.39 is 29.6 Å². The van der Waals surface area contributed by atoms with E-state index in [1.165, 1.54) is 12.0 Å². The van der Waals surface area contributed by atoms with E-state index >= 15 is 0 Å². The van der Waals surface area contributed by atoms with Crippen LogP contribution in [0.1, 0.15) is 28.8 Å². The zero-order chi connectivity index (χ0) is 17.9. The molecule has 0 bridgehead atoms. The van der Waals surface area contributed by atoms with Gasteiger partial charge in [0.25, 0.3) is 5.91 Å². The van der Waals surface area contributed by atoms with Crippen LogP contribution in [0.2, 0.25) is 0 Å². The summed E-state index contributed by atoms with van der Waals surface area (Å²) in [6.07, 6.45) is -4.43. The summed E-state index contributed by atoms with van der Waals surface area (Å²) in [4.78, 5) is 24.9. The third kappa shape index (κ3) is 4.15. The highest BCUT2D eigenvalue weighted by atomic mass is 19.4. The second kappa shape index (κ2) is 7.06. The van der Waals surface area contributed by atoms with Crippen LogP contribution in [-0.4, -0.2) is 43.1 Å². The molecule has 132 valence electrons. The number of hydrogen-bond acceptors (Lipinski definition) is 3. The van der Waals surface area contributed by atoms with Crippen molar-refractivity contribution in [2.75, 3.05) is 20.2 Å². The van der Waals surface area contributed by atoms with Gasteiger partial charge < -0.3 is 15.0 Å². The Morgan fingerprint density at radius 3 is 2.42 bits per heavy atom. The van der Waals surface area contributed by atoms with Crippen molar-refractivity contribution >= 4 is 12.0 Å². The normalized spacial score (nSPS) is 16.0. The van der Waals surface area contributed by atoms with Crippen molar-refractivity contribution < 1.29 is 31.9 Å². The van der Waals surface area contributed by atoms with Crippen molar-refractivity contribution in [2.45, 2.75) is 25.1 Å². The molecule has 0 unspecified atom stereocenters. The van der Waals surface area contributed by atoms with E-state index in [1.807, 2.05) is 0 Å². The summed E-state index contributed by atoms with van der Waals surface area (Å²) >= 11 is 0. The standard InChI is InChI=1S/C15H16F4N2O3/c1-24-14(23)21-6-4-10(5-7-21)20-13(22)9-2-3-12(16)11(8-9)15(17,18)19/h2-3,8,10H,4-7H2,1H3,(H,20,22). The fourth-order valence-corrected chi connectivity index (χ4v) is 2.49. The highest BCUT2D eigenvalue weighted by molar-refractivity contribution is 5.94. The van der Waals surface area contributed by atoms with Crippen LogP contribution in [0.4, 0.5) is 22.4 Å². The van der Waals surface area contributed by atoms with Crippen molar-refractivity contribution in [1.29, 1.82) is 0 Å². The molecule has 9 heteroatoms. The van der Waals surface area contributed by atoms with Crippen LogP contribution >= 0.6 is 0 Å². The monoisotopic (exact) mass is 348 g/mol. The summed E-state index contributed by atoms with van der Waals surface area (Å²) in [7, 11) is 1.27. The lowest BCUT2D eigenvalue weighted by molar-refractivity contribution is -0.140. The zero-order valence-electron chi connectivity index (χ0n) is 12.8. The van der Waals surface area contributed by atoms with Gasteiger partial charge in [0, 0.05) is 24.7 Å². The van der Waals surface area contributed by atoms with Gasteiger partial charge in [-0.2, -0.15) is 13.2 Å². The molecule has 0 spiro atoms. The molecule has 0 radical (unpaired) electrons. The first kappa shape index (κ1) is 18.0. The molecule has 2 rings (SSSR count). The number of benzene rings is 1. The zero-order valence-corrected chi connectivity index (χ0v) is 12.8. The molecule has 1 heterocycles. The van der Waals surface area contributed by atoms with E-state index in [2.05, 4.69) is 10.1 Å². The summed E-state index contributed by atoms with van der Waals surface area (Å²) in [6, 6.07) is 1.84. The van der Waals surface area contributed by atoms with Gasteiger partial charge in [-0.05, 0) is 31.0 Å². The number of ether oxygens (including phenoxy) is 1. The number of rotatable bonds is 2. The molecular weight excluding hydrogens is 332 g/mol.